The fraction of sp³-hybridized carbons (Fsp3) is 0.273. The van der Waals surface area contributed by atoms with Crippen LogP contribution in [0.2, 0.25) is 0 Å². The topological polar surface area (TPSA) is 59.1 Å². The molecule has 3 rings (SSSR count). The van der Waals surface area contributed by atoms with E-state index < -0.39 is 0 Å². The summed E-state index contributed by atoms with van der Waals surface area (Å²) in [6.07, 6.45) is 1.92. The summed E-state index contributed by atoms with van der Waals surface area (Å²) in [5, 5.41) is 6.66. The molecule has 0 bridgehead atoms. The van der Waals surface area contributed by atoms with Gasteiger partial charge in [0.1, 0.15) is 11.6 Å². The zero-order valence-corrected chi connectivity index (χ0v) is 16.1. The monoisotopic (exact) mass is 362 g/mol. The van der Waals surface area contributed by atoms with Crippen LogP contribution in [0.25, 0.3) is 0 Å². The molecule has 0 saturated carbocycles. The van der Waals surface area contributed by atoms with Crippen molar-refractivity contribution in [2.75, 3.05) is 24.3 Å². The number of rotatable bonds is 8. The highest BCUT2D eigenvalue weighted by Gasteiger charge is 2.04. The van der Waals surface area contributed by atoms with E-state index in [-0.39, 0.29) is 0 Å². The van der Waals surface area contributed by atoms with Crippen molar-refractivity contribution < 1.29 is 4.74 Å². The van der Waals surface area contributed by atoms with Crippen molar-refractivity contribution in [3.8, 4) is 5.75 Å². The molecule has 5 heteroatoms. The van der Waals surface area contributed by atoms with Gasteiger partial charge in [0.2, 0.25) is 5.95 Å². The predicted molar refractivity (Wildman–Crippen MR) is 111 cm³/mol. The Hall–Kier alpha value is -3.08. The molecule has 0 aliphatic heterocycles. The highest BCUT2D eigenvalue weighted by molar-refractivity contribution is 5.55. The number of hydrogen-bond acceptors (Lipinski definition) is 5. The number of hydrogen-bond donors (Lipinski definition) is 2. The highest BCUT2D eigenvalue weighted by atomic mass is 16.5. The van der Waals surface area contributed by atoms with Crippen molar-refractivity contribution in [1.82, 2.24) is 9.97 Å². The molecule has 5 nitrogen and oxygen atoms in total. The van der Waals surface area contributed by atoms with Crippen molar-refractivity contribution in [2.45, 2.75) is 26.7 Å². The van der Waals surface area contributed by atoms with Crippen LogP contribution in [0.3, 0.4) is 0 Å². The summed E-state index contributed by atoms with van der Waals surface area (Å²) < 4.78 is 5.27. The van der Waals surface area contributed by atoms with E-state index in [9.17, 15) is 0 Å². The summed E-state index contributed by atoms with van der Waals surface area (Å²) >= 11 is 0. The van der Waals surface area contributed by atoms with Crippen LogP contribution < -0.4 is 15.4 Å². The second-order valence-corrected chi connectivity index (χ2v) is 6.42. The zero-order chi connectivity index (χ0) is 19.1. The minimum atomic E-state index is 0.600. The first-order chi connectivity index (χ1) is 13.2. The molecule has 1 aromatic heterocycles. The molecular weight excluding hydrogens is 336 g/mol. The van der Waals surface area contributed by atoms with Gasteiger partial charge in [-0.05, 0) is 55.2 Å². The third-order valence-corrected chi connectivity index (χ3v) is 4.33. The van der Waals surface area contributed by atoms with Crippen LogP contribution in [0.1, 0.15) is 23.7 Å². The highest BCUT2D eigenvalue weighted by Crippen LogP contribution is 2.17. The average Bonchev–Trinajstić information content (AvgIpc) is 2.68. The lowest BCUT2D eigenvalue weighted by Crippen LogP contribution is -2.08. The van der Waals surface area contributed by atoms with Gasteiger partial charge in [-0.2, -0.15) is 4.98 Å². The van der Waals surface area contributed by atoms with E-state index in [1.807, 2.05) is 25.1 Å². The van der Waals surface area contributed by atoms with E-state index in [4.69, 9.17) is 4.74 Å². The van der Waals surface area contributed by atoms with Crippen molar-refractivity contribution in [3.05, 3.63) is 71.4 Å². The van der Waals surface area contributed by atoms with Gasteiger partial charge in [0, 0.05) is 24.0 Å². The number of ether oxygens (including phenoxy) is 1. The molecule has 3 aromatic rings. The van der Waals surface area contributed by atoms with Gasteiger partial charge in [-0.1, -0.05) is 31.2 Å². The van der Waals surface area contributed by atoms with Crippen molar-refractivity contribution in [2.24, 2.45) is 0 Å². The second-order valence-electron chi connectivity index (χ2n) is 6.42. The van der Waals surface area contributed by atoms with Crippen LogP contribution in [-0.2, 0) is 12.8 Å². The molecule has 1 heterocycles. The minimum absolute atomic E-state index is 0.600. The Bertz CT molecular complexity index is 878. The normalized spacial score (nSPS) is 10.5. The summed E-state index contributed by atoms with van der Waals surface area (Å²) in [6, 6.07) is 18.4. The largest absolute Gasteiger partial charge is 0.497 e. The minimum Gasteiger partial charge on any atom is -0.497 e. The van der Waals surface area contributed by atoms with Crippen molar-refractivity contribution in [3.63, 3.8) is 0 Å². The average molecular weight is 362 g/mol. The van der Waals surface area contributed by atoms with Gasteiger partial charge < -0.3 is 15.4 Å². The first kappa shape index (κ1) is 18.7. The molecule has 0 fully saturated rings. The number of aryl methyl sites for hydroxylation is 2. The van der Waals surface area contributed by atoms with Gasteiger partial charge in [-0.3, -0.25) is 0 Å². The van der Waals surface area contributed by atoms with Gasteiger partial charge in [0.05, 0.1) is 7.11 Å². The van der Waals surface area contributed by atoms with E-state index in [0.717, 1.165) is 42.3 Å². The lowest BCUT2D eigenvalue weighted by atomic mass is 10.1. The SMILES string of the molecule is CCc1ccc(Nc2nc(C)cc(NCCc3cccc(OC)c3)n2)cc1. The Kier molecular flexibility index (Phi) is 6.26. The Morgan fingerprint density at radius 1 is 0.963 bits per heavy atom. The lowest BCUT2D eigenvalue weighted by molar-refractivity contribution is 0.414. The maximum Gasteiger partial charge on any atom is 0.229 e. The quantitative estimate of drug-likeness (QED) is 0.605. The van der Waals surface area contributed by atoms with Crippen molar-refractivity contribution in [1.29, 1.82) is 0 Å². The van der Waals surface area contributed by atoms with E-state index >= 15 is 0 Å². The molecule has 0 atom stereocenters. The molecule has 27 heavy (non-hydrogen) atoms. The van der Waals surface area contributed by atoms with Gasteiger partial charge >= 0.3 is 0 Å². The van der Waals surface area contributed by atoms with Gasteiger partial charge in [-0.25, -0.2) is 4.98 Å². The molecule has 2 aromatic carbocycles. The van der Waals surface area contributed by atoms with Crippen LogP contribution in [0.4, 0.5) is 17.5 Å². The number of nitrogens with one attached hydrogen (secondary N) is 2. The Labute approximate surface area is 160 Å². The van der Waals surface area contributed by atoms with Crippen LogP contribution in [0, 0.1) is 6.92 Å². The zero-order valence-electron chi connectivity index (χ0n) is 16.1. The molecule has 0 saturated heterocycles. The smallest absolute Gasteiger partial charge is 0.229 e. The standard InChI is InChI=1S/C22H26N4O/c1-4-17-8-10-19(11-9-17)25-22-24-16(2)14-21(26-22)23-13-12-18-6-5-7-20(15-18)27-3/h5-11,14-15H,4,12-13H2,1-3H3,(H2,23,24,25,26). The van der Waals surface area contributed by atoms with E-state index in [0.29, 0.717) is 5.95 Å². The van der Waals surface area contributed by atoms with Gasteiger partial charge in [0.15, 0.2) is 0 Å². The van der Waals surface area contributed by atoms with E-state index in [1.165, 1.54) is 11.1 Å². The molecule has 0 radical (unpaired) electrons. The maximum atomic E-state index is 5.27. The molecular formula is C22H26N4O. The molecule has 140 valence electrons. The summed E-state index contributed by atoms with van der Waals surface area (Å²) in [5.74, 6) is 2.30. The molecule has 0 unspecified atom stereocenters. The van der Waals surface area contributed by atoms with Gasteiger partial charge in [0.25, 0.3) is 0 Å². The summed E-state index contributed by atoms with van der Waals surface area (Å²) in [7, 11) is 1.69. The van der Waals surface area contributed by atoms with Crippen LogP contribution in [-0.4, -0.2) is 23.6 Å². The Morgan fingerprint density at radius 2 is 1.78 bits per heavy atom. The molecule has 0 aliphatic carbocycles. The first-order valence-corrected chi connectivity index (χ1v) is 9.24. The Morgan fingerprint density at radius 3 is 2.52 bits per heavy atom. The van der Waals surface area contributed by atoms with Crippen LogP contribution >= 0.6 is 0 Å². The molecule has 0 aliphatic rings. The molecule has 0 amide bonds. The number of aromatic nitrogens is 2. The number of methoxy groups -OCH3 is 1. The first-order valence-electron chi connectivity index (χ1n) is 9.24. The number of benzene rings is 2. The van der Waals surface area contributed by atoms with Crippen LogP contribution in [0.15, 0.2) is 54.6 Å². The molecule has 0 spiro atoms. The lowest BCUT2D eigenvalue weighted by Gasteiger charge is -2.11. The van der Waals surface area contributed by atoms with E-state index in [1.54, 1.807) is 7.11 Å². The summed E-state index contributed by atoms with van der Waals surface area (Å²) in [4.78, 5) is 9.06. The Balaban J connectivity index is 1.62. The maximum absolute atomic E-state index is 5.27. The predicted octanol–water partition coefficient (Wildman–Crippen LogP) is 4.75. The third kappa shape index (κ3) is 5.45. The van der Waals surface area contributed by atoms with Crippen molar-refractivity contribution >= 4 is 17.5 Å². The fourth-order valence-electron chi connectivity index (χ4n) is 2.83. The third-order valence-electron chi connectivity index (χ3n) is 4.33. The van der Waals surface area contributed by atoms with E-state index in [2.05, 4.69) is 63.9 Å². The van der Waals surface area contributed by atoms with Crippen LogP contribution in [0.5, 0.6) is 5.75 Å². The summed E-state index contributed by atoms with van der Waals surface area (Å²) in [6.45, 7) is 4.91. The number of nitrogens with zero attached hydrogens (tertiary/aromatic N) is 2. The second kappa shape index (κ2) is 9.03. The fourth-order valence-corrected chi connectivity index (χ4v) is 2.83. The summed E-state index contributed by atoms with van der Waals surface area (Å²) in [5.41, 5.74) is 4.44. The molecule has 2 N–H and O–H groups in total. The van der Waals surface area contributed by atoms with Gasteiger partial charge in [-0.15, -0.1) is 0 Å². The number of anilines is 3.